The van der Waals surface area contributed by atoms with E-state index in [9.17, 15) is 4.79 Å². The van der Waals surface area contributed by atoms with Gasteiger partial charge < -0.3 is 15.2 Å². The molecular weight excluding hydrogens is 210 g/mol. The highest BCUT2D eigenvalue weighted by Gasteiger charge is 2.17. The van der Waals surface area contributed by atoms with Crippen LogP contribution in [-0.2, 0) is 4.74 Å². The number of nitrogens with zero attached hydrogens (tertiary/aromatic N) is 2. The Labute approximate surface area is 93.8 Å². The third kappa shape index (κ3) is 3.08. The molecule has 1 heterocycles. The van der Waals surface area contributed by atoms with Crippen molar-refractivity contribution in [3.8, 4) is 5.88 Å². The van der Waals surface area contributed by atoms with E-state index < -0.39 is 5.97 Å². The van der Waals surface area contributed by atoms with E-state index in [1.165, 1.54) is 6.20 Å². The average molecular weight is 225 g/mol. The summed E-state index contributed by atoms with van der Waals surface area (Å²) in [5, 5.41) is 0. The summed E-state index contributed by atoms with van der Waals surface area (Å²) in [6, 6.07) is 0. The number of aromatic nitrogens is 2. The number of nitrogen functional groups attached to an aromatic ring is 1. The lowest BCUT2D eigenvalue weighted by Crippen LogP contribution is -2.14. The molecule has 0 atom stereocenters. The van der Waals surface area contributed by atoms with E-state index in [-0.39, 0.29) is 30.1 Å². The van der Waals surface area contributed by atoms with E-state index in [1.54, 1.807) is 6.92 Å². The first-order chi connectivity index (χ1) is 7.54. The van der Waals surface area contributed by atoms with Crippen molar-refractivity contribution in [2.75, 3.05) is 12.3 Å². The van der Waals surface area contributed by atoms with Crippen molar-refractivity contribution in [2.24, 2.45) is 0 Å². The summed E-state index contributed by atoms with van der Waals surface area (Å²) >= 11 is 0. The summed E-state index contributed by atoms with van der Waals surface area (Å²) in [4.78, 5) is 19.1. The SMILES string of the molecule is CCOC(=O)c1cnc(N)nc1OC(C)C. The number of rotatable bonds is 4. The molecule has 16 heavy (non-hydrogen) atoms. The maximum absolute atomic E-state index is 11.5. The Kier molecular flexibility index (Phi) is 4.04. The summed E-state index contributed by atoms with van der Waals surface area (Å²) in [7, 11) is 0. The number of nitrogens with two attached hydrogens (primary N) is 1. The minimum absolute atomic E-state index is 0.0590. The fourth-order valence-electron chi connectivity index (χ4n) is 1.04. The second-order valence-corrected chi connectivity index (χ2v) is 3.33. The van der Waals surface area contributed by atoms with Crippen molar-refractivity contribution < 1.29 is 14.3 Å². The van der Waals surface area contributed by atoms with Crippen molar-refractivity contribution in [1.29, 1.82) is 0 Å². The van der Waals surface area contributed by atoms with E-state index in [2.05, 4.69) is 9.97 Å². The fourth-order valence-corrected chi connectivity index (χ4v) is 1.04. The molecule has 2 N–H and O–H groups in total. The van der Waals surface area contributed by atoms with Crippen LogP contribution in [-0.4, -0.2) is 28.6 Å². The van der Waals surface area contributed by atoms with Gasteiger partial charge in [-0.05, 0) is 20.8 Å². The monoisotopic (exact) mass is 225 g/mol. The molecule has 0 saturated carbocycles. The van der Waals surface area contributed by atoms with Crippen molar-refractivity contribution in [2.45, 2.75) is 26.9 Å². The lowest BCUT2D eigenvalue weighted by atomic mass is 10.3. The first-order valence-corrected chi connectivity index (χ1v) is 5.00. The summed E-state index contributed by atoms with van der Waals surface area (Å²) < 4.78 is 10.2. The van der Waals surface area contributed by atoms with Gasteiger partial charge in [0.25, 0.3) is 0 Å². The predicted molar refractivity (Wildman–Crippen MR) is 58.2 cm³/mol. The van der Waals surface area contributed by atoms with Gasteiger partial charge in [-0.2, -0.15) is 4.98 Å². The Bertz CT molecular complexity index is 380. The topological polar surface area (TPSA) is 87.3 Å². The smallest absolute Gasteiger partial charge is 0.345 e. The number of hydrogen-bond donors (Lipinski definition) is 1. The van der Waals surface area contributed by atoms with Crippen LogP contribution < -0.4 is 10.5 Å². The lowest BCUT2D eigenvalue weighted by molar-refractivity contribution is 0.0518. The van der Waals surface area contributed by atoms with Crippen LogP contribution in [0, 0.1) is 0 Å². The van der Waals surface area contributed by atoms with E-state index >= 15 is 0 Å². The van der Waals surface area contributed by atoms with Crippen LogP contribution in [0.2, 0.25) is 0 Å². The van der Waals surface area contributed by atoms with E-state index in [1.807, 2.05) is 13.8 Å². The van der Waals surface area contributed by atoms with Gasteiger partial charge >= 0.3 is 5.97 Å². The first kappa shape index (κ1) is 12.2. The van der Waals surface area contributed by atoms with Crippen LogP contribution in [0.1, 0.15) is 31.1 Å². The van der Waals surface area contributed by atoms with Crippen LogP contribution in [0.25, 0.3) is 0 Å². The second kappa shape index (κ2) is 5.29. The van der Waals surface area contributed by atoms with Gasteiger partial charge in [0, 0.05) is 0 Å². The molecule has 88 valence electrons. The molecule has 0 aromatic carbocycles. The summed E-state index contributed by atoms with van der Waals surface area (Å²) in [6.45, 7) is 5.66. The molecule has 0 bridgehead atoms. The molecule has 1 aromatic heterocycles. The molecule has 0 amide bonds. The van der Waals surface area contributed by atoms with Crippen LogP contribution >= 0.6 is 0 Å². The zero-order valence-electron chi connectivity index (χ0n) is 9.56. The molecule has 0 unspecified atom stereocenters. The van der Waals surface area contributed by atoms with E-state index in [0.717, 1.165) is 0 Å². The second-order valence-electron chi connectivity index (χ2n) is 3.33. The Balaban J connectivity index is 3.02. The van der Waals surface area contributed by atoms with Crippen LogP contribution in [0.4, 0.5) is 5.95 Å². The standard InChI is InChI=1S/C10H15N3O3/c1-4-15-9(14)7-5-12-10(11)13-8(7)16-6(2)3/h5-6H,4H2,1-3H3,(H2,11,12,13). The number of hydrogen-bond acceptors (Lipinski definition) is 6. The first-order valence-electron chi connectivity index (χ1n) is 5.00. The number of esters is 1. The molecule has 0 saturated heterocycles. The number of ether oxygens (including phenoxy) is 2. The van der Waals surface area contributed by atoms with Gasteiger partial charge in [-0.15, -0.1) is 0 Å². The molecule has 0 spiro atoms. The maximum atomic E-state index is 11.5. The van der Waals surface area contributed by atoms with Crippen molar-refractivity contribution in [3.05, 3.63) is 11.8 Å². The van der Waals surface area contributed by atoms with Gasteiger partial charge in [-0.25, -0.2) is 9.78 Å². The van der Waals surface area contributed by atoms with Crippen molar-refractivity contribution in [1.82, 2.24) is 9.97 Å². The molecule has 1 rings (SSSR count). The molecule has 0 radical (unpaired) electrons. The summed E-state index contributed by atoms with van der Waals surface area (Å²) in [6.07, 6.45) is 1.19. The fraction of sp³-hybridized carbons (Fsp3) is 0.500. The highest BCUT2D eigenvalue weighted by atomic mass is 16.5. The van der Waals surface area contributed by atoms with E-state index in [4.69, 9.17) is 15.2 Å². The molecule has 0 fully saturated rings. The number of carbonyl (C=O) groups is 1. The Morgan fingerprint density at radius 3 is 2.81 bits per heavy atom. The summed E-state index contributed by atoms with van der Waals surface area (Å²) in [5.41, 5.74) is 5.61. The van der Waals surface area contributed by atoms with Gasteiger partial charge in [0.05, 0.1) is 18.9 Å². The largest absolute Gasteiger partial charge is 0.474 e. The number of carbonyl (C=O) groups excluding carboxylic acids is 1. The molecule has 0 aliphatic heterocycles. The Morgan fingerprint density at radius 2 is 2.25 bits per heavy atom. The number of anilines is 1. The molecule has 6 heteroatoms. The Hall–Kier alpha value is -1.85. The highest BCUT2D eigenvalue weighted by molar-refractivity contribution is 5.91. The minimum atomic E-state index is -0.516. The lowest BCUT2D eigenvalue weighted by Gasteiger charge is -2.12. The zero-order valence-corrected chi connectivity index (χ0v) is 9.56. The quantitative estimate of drug-likeness (QED) is 0.770. The normalized spacial score (nSPS) is 10.2. The Morgan fingerprint density at radius 1 is 1.56 bits per heavy atom. The maximum Gasteiger partial charge on any atom is 0.345 e. The third-order valence-corrected chi connectivity index (χ3v) is 1.62. The van der Waals surface area contributed by atoms with Gasteiger partial charge in [0.1, 0.15) is 5.56 Å². The van der Waals surface area contributed by atoms with Crippen LogP contribution in [0.5, 0.6) is 5.88 Å². The molecule has 0 aliphatic rings. The average Bonchev–Trinajstić information content (AvgIpc) is 2.16. The van der Waals surface area contributed by atoms with Crippen LogP contribution in [0.3, 0.4) is 0 Å². The van der Waals surface area contributed by atoms with Gasteiger partial charge in [-0.1, -0.05) is 0 Å². The van der Waals surface area contributed by atoms with E-state index in [0.29, 0.717) is 0 Å². The zero-order chi connectivity index (χ0) is 12.1. The van der Waals surface area contributed by atoms with Gasteiger partial charge in [0.2, 0.25) is 11.8 Å². The predicted octanol–water partition coefficient (Wildman–Crippen LogP) is 1.02. The minimum Gasteiger partial charge on any atom is -0.474 e. The molecular formula is C10H15N3O3. The van der Waals surface area contributed by atoms with Crippen LogP contribution in [0.15, 0.2) is 6.20 Å². The molecule has 1 aromatic rings. The highest BCUT2D eigenvalue weighted by Crippen LogP contribution is 2.17. The van der Waals surface area contributed by atoms with Crippen molar-refractivity contribution >= 4 is 11.9 Å². The van der Waals surface area contributed by atoms with Gasteiger partial charge in [-0.3, -0.25) is 0 Å². The van der Waals surface area contributed by atoms with Crippen molar-refractivity contribution in [3.63, 3.8) is 0 Å². The van der Waals surface area contributed by atoms with Gasteiger partial charge in [0.15, 0.2) is 0 Å². The molecule has 6 nitrogen and oxygen atoms in total. The molecule has 0 aliphatic carbocycles. The third-order valence-electron chi connectivity index (χ3n) is 1.62. The summed E-state index contributed by atoms with van der Waals surface area (Å²) in [5.74, 6) is -0.303.